The molecule has 0 saturated carbocycles. The molecule has 0 amide bonds. The fraction of sp³-hybridized carbons (Fsp3) is 0.158. The van der Waals surface area contributed by atoms with Crippen molar-refractivity contribution < 1.29 is 9.53 Å². The first kappa shape index (κ1) is 16.6. The predicted octanol–water partition coefficient (Wildman–Crippen LogP) is 3.77. The Morgan fingerprint density at radius 1 is 1.08 bits per heavy atom. The molecule has 0 aliphatic heterocycles. The topological polar surface area (TPSA) is 77.0 Å². The number of carbonyl (C=O) groups is 1. The molecule has 3 rings (SSSR count). The van der Waals surface area contributed by atoms with Crippen LogP contribution in [0.25, 0.3) is 11.3 Å². The second kappa shape index (κ2) is 7.53. The van der Waals surface area contributed by atoms with Crippen LogP contribution in [0.4, 0.5) is 11.8 Å². The molecule has 0 aliphatic carbocycles. The zero-order chi connectivity index (χ0) is 17.6. The Morgan fingerprint density at radius 3 is 2.52 bits per heavy atom. The highest BCUT2D eigenvalue weighted by Gasteiger charge is 2.21. The molecule has 0 saturated heterocycles. The normalized spacial score (nSPS) is 10.3. The van der Waals surface area contributed by atoms with Crippen molar-refractivity contribution in [3.8, 4) is 11.3 Å². The van der Waals surface area contributed by atoms with Crippen LogP contribution in [0.1, 0.15) is 23.0 Å². The zero-order valence-corrected chi connectivity index (χ0v) is 14.1. The van der Waals surface area contributed by atoms with E-state index in [0.29, 0.717) is 35.3 Å². The van der Waals surface area contributed by atoms with Crippen molar-refractivity contribution in [1.82, 2.24) is 15.0 Å². The van der Waals surface area contributed by atoms with Crippen molar-refractivity contribution in [2.24, 2.45) is 0 Å². The largest absolute Gasteiger partial charge is 0.462 e. The Morgan fingerprint density at radius 2 is 1.84 bits per heavy atom. The standard InChI is InChI=1S/C19H18N4O2/c1-3-25-18(24)16-13(2)21-19(22-15-11-7-8-12-20-15)23-17(16)14-9-5-4-6-10-14/h4-12H,3H2,1-2H3,(H,20,21,22,23). The number of carbonyl (C=O) groups excluding carboxylic acids is 1. The van der Waals surface area contributed by atoms with E-state index in [-0.39, 0.29) is 0 Å². The van der Waals surface area contributed by atoms with Crippen LogP contribution in [0, 0.1) is 6.92 Å². The van der Waals surface area contributed by atoms with E-state index in [2.05, 4.69) is 20.3 Å². The molecule has 2 aromatic heterocycles. The van der Waals surface area contributed by atoms with Gasteiger partial charge in [-0.1, -0.05) is 36.4 Å². The zero-order valence-electron chi connectivity index (χ0n) is 14.1. The molecule has 0 bridgehead atoms. The first-order chi connectivity index (χ1) is 12.2. The van der Waals surface area contributed by atoms with Gasteiger partial charge >= 0.3 is 5.97 Å². The SMILES string of the molecule is CCOC(=O)c1c(C)nc(Nc2ccccn2)nc1-c1ccccc1. The summed E-state index contributed by atoms with van der Waals surface area (Å²) in [5.41, 5.74) is 2.27. The molecule has 3 aromatic rings. The van der Waals surface area contributed by atoms with Gasteiger partial charge in [0, 0.05) is 11.8 Å². The lowest BCUT2D eigenvalue weighted by Gasteiger charge is -2.13. The molecule has 0 fully saturated rings. The third-order valence-corrected chi connectivity index (χ3v) is 3.52. The van der Waals surface area contributed by atoms with E-state index in [0.717, 1.165) is 5.56 Å². The summed E-state index contributed by atoms with van der Waals surface area (Å²) < 4.78 is 5.18. The maximum absolute atomic E-state index is 12.4. The monoisotopic (exact) mass is 334 g/mol. The molecule has 6 heteroatoms. The number of benzene rings is 1. The number of ether oxygens (including phenoxy) is 1. The number of hydrogen-bond donors (Lipinski definition) is 1. The highest BCUT2D eigenvalue weighted by atomic mass is 16.5. The van der Waals surface area contributed by atoms with E-state index in [1.54, 1.807) is 20.0 Å². The summed E-state index contributed by atoms with van der Waals surface area (Å²) >= 11 is 0. The van der Waals surface area contributed by atoms with Gasteiger partial charge in [-0.2, -0.15) is 0 Å². The third-order valence-electron chi connectivity index (χ3n) is 3.52. The number of pyridine rings is 1. The quantitative estimate of drug-likeness (QED) is 0.716. The van der Waals surface area contributed by atoms with Gasteiger partial charge in [0.15, 0.2) is 0 Å². The van der Waals surface area contributed by atoms with Gasteiger partial charge in [-0.05, 0) is 26.0 Å². The van der Waals surface area contributed by atoms with Crippen LogP contribution in [-0.4, -0.2) is 27.5 Å². The van der Waals surface area contributed by atoms with Gasteiger partial charge in [-0.15, -0.1) is 0 Å². The number of esters is 1. The van der Waals surface area contributed by atoms with Crippen molar-refractivity contribution in [2.45, 2.75) is 13.8 Å². The number of anilines is 2. The van der Waals surface area contributed by atoms with Gasteiger partial charge in [-0.3, -0.25) is 0 Å². The van der Waals surface area contributed by atoms with E-state index in [4.69, 9.17) is 4.74 Å². The number of nitrogens with one attached hydrogen (secondary N) is 1. The number of aryl methyl sites for hydroxylation is 1. The third kappa shape index (κ3) is 3.80. The lowest BCUT2D eigenvalue weighted by atomic mass is 10.0. The predicted molar refractivity (Wildman–Crippen MR) is 95.7 cm³/mol. The van der Waals surface area contributed by atoms with E-state index in [1.807, 2.05) is 48.5 Å². The molecule has 0 radical (unpaired) electrons. The van der Waals surface area contributed by atoms with Crippen molar-refractivity contribution >= 4 is 17.7 Å². The number of aromatic nitrogens is 3. The van der Waals surface area contributed by atoms with Gasteiger partial charge in [0.25, 0.3) is 0 Å². The highest BCUT2D eigenvalue weighted by Crippen LogP contribution is 2.26. The molecule has 0 aliphatic rings. The maximum atomic E-state index is 12.4. The van der Waals surface area contributed by atoms with Gasteiger partial charge in [-0.25, -0.2) is 19.7 Å². The minimum atomic E-state index is -0.428. The smallest absolute Gasteiger partial charge is 0.342 e. The Bertz CT molecular complexity index is 867. The molecular formula is C19H18N4O2. The van der Waals surface area contributed by atoms with Crippen LogP contribution in [0.2, 0.25) is 0 Å². The molecule has 1 N–H and O–H groups in total. The summed E-state index contributed by atoms with van der Waals surface area (Å²) in [4.78, 5) is 25.5. The van der Waals surface area contributed by atoms with Crippen molar-refractivity contribution in [2.75, 3.05) is 11.9 Å². The van der Waals surface area contributed by atoms with Gasteiger partial charge in [0.2, 0.25) is 5.95 Å². The maximum Gasteiger partial charge on any atom is 0.342 e. The first-order valence-corrected chi connectivity index (χ1v) is 7.98. The number of rotatable bonds is 5. The lowest BCUT2D eigenvalue weighted by molar-refractivity contribution is 0.0525. The average molecular weight is 334 g/mol. The van der Waals surface area contributed by atoms with E-state index in [1.165, 1.54) is 0 Å². The second-order valence-corrected chi connectivity index (χ2v) is 5.28. The van der Waals surface area contributed by atoms with Crippen LogP contribution in [0.15, 0.2) is 54.7 Å². The second-order valence-electron chi connectivity index (χ2n) is 5.28. The van der Waals surface area contributed by atoms with Gasteiger partial charge in [0.05, 0.1) is 18.0 Å². The van der Waals surface area contributed by atoms with E-state index >= 15 is 0 Å². The minimum absolute atomic E-state index is 0.292. The average Bonchev–Trinajstić information content (AvgIpc) is 2.63. The molecule has 2 heterocycles. The van der Waals surface area contributed by atoms with Crippen LogP contribution >= 0.6 is 0 Å². The van der Waals surface area contributed by atoms with E-state index < -0.39 is 5.97 Å². The van der Waals surface area contributed by atoms with Crippen LogP contribution in [0.5, 0.6) is 0 Å². The Labute approximate surface area is 145 Å². The Kier molecular flexibility index (Phi) is 4.99. The molecule has 6 nitrogen and oxygen atoms in total. The summed E-state index contributed by atoms with van der Waals surface area (Å²) in [5.74, 6) is 0.580. The van der Waals surface area contributed by atoms with Crippen LogP contribution in [0.3, 0.4) is 0 Å². The van der Waals surface area contributed by atoms with Crippen molar-refractivity contribution in [1.29, 1.82) is 0 Å². The summed E-state index contributed by atoms with van der Waals surface area (Å²) in [6.07, 6.45) is 1.68. The van der Waals surface area contributed by atoms with E-state index in [9.17, 15) is 4.79 Å². The molecule has 0 unspecified atom stereocenters. The lowest BCUT2D eigenvalue weighted by Crippen LogP contribution is -2.13. The highest BCUT2D eigenvalue weighted by molar-refractivity contribution is 5.97. The Hall–Kier alpha value is -3.28. The fourth-order valence-electron chi connectivity index (χ4n) is 2.43. The molecule has 0 atom stereocenters. The van der Waals surface area contributed by atoms with Crippen LogP contribution in [-0.2, 0) is 4.74 Å². The molecule has 0 spiro atoms. The minimum Gasteiger partial charge on any atom is -0.462 e. The first-order valence-electron chi connectivity index (χ1n) is 7.98. The summed E-state index contributed by atoms with van der Waals surface area (Å²) in [7, 11) is 0. The molecule has 1 aromatic carbocycles. The summed E-state index contributed by atoms with van der Waals surface area (Å²) in [6.45, 7) is 3.83. The molecule has 25 heavy (non-hydrogen) atoms. The molecule has 126 valence electrons. The Balaban J connectivity index is 2.09. The number of nitrogens with zero attached hydrogens (tertiary/aromatic N) is 3. The van der Waals surface area contributed by atoms with Gasteiger partial charge in [0.1, 0.15) is 11.4 Å². The van der Waals surface area contributed by atoms with Crippen LogP contribution < -0.4 is 5.32 Å². The van der Waals surface area contributed by atoms with Crippen molar-refractivity contribution in [3.63, 3.8) is 0 Å². The number of hydrogen-bond acceptors (Lipinski definition) is 6. The van der Waals surface area contributed by atoms with Gasteiger partial charge < -0.3 is 10.1 Å². The summed E-state index contributed by atoms with van der Waals surface area (Å²) in [5, 5.41) is 3.07. The van der Waals surface area contributed by atoms with Crippen molar-refractivity contribution in [3.05, 3.63) is 66.0 Å². The fourth-order valence-corrected chi connectivity index (χ4v) is 2.43. The summed E-state index contributed by atoms with van der Waals surface area (Å²) in [6, 6.07) is 15.0. The molecular weight excluding hydrogens is 316 g/mol.